The molecule has 116 valence electrons. The van der Waals surface area contributed by atoms with Crippen molar-refractivity contribution in [2.24, 2.45) is 0 Å². The fraction of sp³-hybridized carbons (Fsp3) is 0.533. The molecule has 1 aromatic rings. The molecule has 0 radical (unpaired) electrons. The van der Waals surface area contributed by atoms with Gasteiger partial charge in [0.2, 0.25) is 0 Å². The van der Waals surface area contributed by atoms with Crippen LogP contribution in [0.4, 0.5) is 9.18 Å². The molecule has 2 N–H and O–H groups in total. The van der Waals surface area contributed by atoms with Gasteiger partial charge in [0.1, 0.15) is 5.82 Å². The van der Waals surface area contributed by atoms with E-state index < -0.39 is 0 Å². The van der Waals surface area contributed by atoms with Crippen molar-refractivity contribution < 1.29 is 14.3 Å². The van der Waals surface area contributed by atoms with Gasteiger partial charge in [-0.05, 0) is 42.4 Å². The fourth-order valence-corrected chi connectivity index (χ4v) is 3.20. The molecule has 0 aliphatic carbocycles. The van der Waals surface area contributed by atoms with Crippen molar-refractivity contribution in [1.29, 1.82) is 0 Å². The number of nitrogens with zero attached hydrogens (tertiary/aromatic N) is 1. The van der Waals surface area contributed by atoms with Gasteiger partial charge in [-0.3, -0.25) is 0 Å². The van der Waals surface area contributed by atoms with Gasteiger partial charge in [0.05, 0.1) is 12.6 Å². The predicted octanol–water partition coefficient (Wildman–Crippen LogP) is 2.36. The van der Waals surface area contributed by atoms with Gasteiger partial charge in [-0.15, -0.1) is 0 Å². The number of rotatable bonds is 5. The molecule has 1 aliphatic heterocycles. The zero-order valence-electron chi connectivity index (χ0n) is 12.1. The topological polar surface area (TPSA) is 52.6 Å². The Morgan fingerprint density at radius 1 is 1.52 bits per heavy atom. The summed E-state index contributed by atoms with van der Waals surface area (Å²) in [5.41, 5.74) is 1.83. The number of urea groups is 1. The van der Waals surface area contributed by atoms with Gasteiger partial charge in [-0.25, -0.2) is 9.18 Å². The molecule has 2 amide bonds. The van der Waals surface area contributed by atoms with Gasteiger partial charge in [-0.1, -0.05) is 6.07 Å². The summed E-state index contributed by atoms with van der Waals surface area (Å²) in [6.07, 6.45) is 3.73. The van der Waals surface area contributed by atoms with E-state index in [1.54, 1.807) is 22.7 Å². The molecule has 1 atom stereocenters. The van der Waals surface area contributed by atoms with Crippen LogP contribution in [0.2, 0.25) is 0 Å². The smallest absolute Gasteiger partial charge is 0.317 e. The van der Waals surface area contributed by atoms with E-state index in [0.29, 0.717) is 18.8 Å². The number of carbonyl (C=O) groups is 1. The van der Waals surface area contributed by atoms with Crippen LogP contribution in [0.15, 0.2) is 18.2 Å². The van der Waals surface area contributed by atoms with Crippen LogP contribution in [0.5, 0.6) is 0 Å². The second-order valence-electron chi connectivity index (χ2n) is 5.18. The number of halogens is 1. The summed E-state index contributed by atoms with van der Waals surface area (Å²) < 4.78 is 13.3. The van der Waals surface area contributed by atoms with Crippen molar-refractivity contribution in [2.45, 2.75) is 31.2 Å². The lowest BCUT2D eigenvalue weighted by Crippen LogP contribution is -2.43. The highest BCUT2D eigenvalue weighted by atomic mass is 32.2. The van der Waals surface area contributed by atoms with Crippen molar-refractivity contribution in [2.75, 3.05) is 19.4 Å². The lowest BCUT2D eigenvalue weighted by molar-refractivity contribution is 0.157. The minimum Gasteiger partial charge on any atom is -0.394 e. The monoisotopic (exact) mass is 312 g/mol. The molecule has 21 heavy (non-hydrogen) atoms. The highest BCUT2D eigenvalue weighted by molar-refractivity contribution is 7.97. The summed E-state index contributed by atoms with van der Waals surface area (Å²) in [6.45, 7) is 1.06. The maximum Gasteiger partial charge on any atom is 0.317 e. The van der Waals surface area contributed by atoms with Crippen LogP contribution in [0, 0.1) is 5.82 Å². The molecule has 0 spiro atoms. The van der Waals surface area contributed by atoms with Crippen molar-refractivity contribution in [3.63, 3.8) is 0 Å². The van der Waals surface area contributed by atoms with Gasteiger partial charge in [0.15, 0.2) is 0 Å². The van der Waals surface area contributed by atoms with Crippen molar-refractivity contribution in [1.82, 2.24) is 10.2 Å². The molecular formula is C15H21FN2O2S. The van der Waals surface area contributed by atoms with Crippen LogP contribution in [-0.2, 0) is 12.3 Å². The van der Waals surface area contributed by atoms with E-state index in [-0.39, 0.29) is 24.5 Å². The molecule has 0 bridgehead atoms. The minimum absolute atomic E-state index is 0.00168. The van der Waals surface area contributed by atoms with Crippen LogP contribution in [0.1, 0.15) is 24.0 Å². The van der Waals surface area contributed by atoms with E-state index in [1.807, 2.05) is 6.26 Å². The first kappa shape index (κ1) is 16.1. The zero-order chi connectivity index (χ0) is 15.2. The average molecular weight is 312 g/mol. The summed E-state index contributed by atoms with van der Waals surface area (Å²) in [4.78, 5) is 13.8. The van der Waals surface area contributed by atoms with Crippen LogP contribution in [-0.4, -0.2) is 41.5 Å². The van der Waals surface area contributed by atoms with E-state index in [0.717, 1.165) is 24.0 Å². The lowest BCUT2D eigenvalue weighted by atomic mass is 10.1. The summed E-state index contributed by atoms with van der Waals surface area (Å²) >= 11 is 1.62. The first-order valence-corrected chi connectivity index (χ1v) is 8.46. The highest BCUT2D eigenvalue weighted by Crippen LogP contribution is 2.18. The molecule has 1 saturated heterocycles. The quantitative estimate of drug-likeness (QED) is 0.877. The first-order chi connectivity index (χ1) is 10.2. The standard InChI is InChI=1S/C15H21FN2O2S/c1-21-10-12-7-13(16)5-4-11(12)8-17-15(20)18-6-2-3-14(18)9-19/h4-5,7,14,19H,2-3,6,8-10H2,1H3,(H,17,20)/t14-/m1/s1. The summed E-state index contributed by atoms with van der Waals surface area (Å²) in [7, 11) is 0. The number of aliphatic hydroxyl groups excluding tert-OH is 1. The third-order valence-electron chi connectivity index (χ3n) is 3.75. The second-order valence-corrected chi connectivity index (χ2v) is 6.04. The summed E-state index contributed by atoms with van der Waals surface area (Å²) in [5.74, 6) is 0.459. The number of likely N-dealkylation sites (tertiary alicyclic amines) is 1. The van der Waals surface area contributed by atoms with E-state index in [9.17, 15) is 14.3 Å². The molecule has 1 aromatic carbocycles. The predicted molar refractivity (Wildman–Crippen MR) is 82.7 cm³/mol. The molecule has 1 heterocycles. The normalized spacial score (nSPS) is 18.0. The zero-order valence-corrected chi connectivity index (χ0v) is 13.0. The Kier molecular flexibility index (Phi) is 5.87. The first-order valence-electron chi connectivity index (χ1n) is 7.07. The number of nitrogens with one attached hydrogen (secondary N) is 1. The molecule has 4 nitrogen and oxygen atoms in total. The molecule has 0 saturated carbocycles. The molecule has 0 unspecified atom stereocenters. The SMILES string of the molecule is CSCc1cc(F)ccc1CNC(=O)N1CCC[C@@H]1CO. The average Bonchev–Trinajstić information content (AvgIpc) is 2.95. The Morgan fingerprint density at radius 3 is 3.05 bits per heavy atom. The largest absolute Gasteiger partial charge is 0.394 e. The molecule has 1 aliphatic rings. The lowest BCUT2D eigenvalue weighted by Gasteiger charge is -2.23. The van der Waals surface area contributed by atoms with E-state index >= 15 is 0 Å². The Balaban J connectivity index is 1.97. The van der Waals surface area contributed by atoms with E-state index in [2.05, 4.69) is 5.32 Å². The number of hydrogen-bond donors (Lipinski definition) is 2. The Morgan fingerprint density at radius 2 is 2.33 bits per heavy atom. The maximum absolute atomic E-state index is 13.3. The number of hydrogen-bond acceptors (Lipinski definition) is 3. The van der Waals surface area contributed by atoms with Crippen LogP contribution < -0.4 is 5.32 Å². The van der Waals surface area contributed by atoms with Gasteiger partial charge in [-0.2, -0.15) is 11.8 Å². The van der Waals surface area contributed by atoms with Crippen LogP contribution in [0.25, 0.3) is 0 Å². The molecule has 6 heteroatoms. The number of thioether (sulfide) groups is 1. The fourth-order valence-electron chi connectivity index (χ4n) is 2.62. The van der Waals surface area contributed by atoms with E-state index in [1.165, 1.54) is 12.1 Å². The second kappa shape index (κ2) is 7.66. The van der Waals surface area contributed by atoms with Gasteiger partial charge < -0.3 is 15.3 Å². The Bertz CT molecular complexity index is 499. The third kappa shape index (κ3) is 4.11. The molecular weight excluding hydrogens is 291 g/mol. The van der Waals surface area contributed by atoms with Crippen molar-refractivity contribution in [3.05, 3.63) is 35.1 Å². The summed E-state index contributed by atoms with van der Waals surface area (Å²) in [6, 6.07) is 4.41. The van der Waals surface area contributed by atoms with Crippen molar-refractivity contribution >= 4 is 17.8 Å². The Hall–Kier alpha value is -1.27. The third-order valence-corrected chi connectivity index (χ3v) is 4.35. The number of carbonyl (C=O) groups excluding carboxylic acids is 1. The maximum atomic E-state index is 13.3. The van der Waals surface area contributed by atoms with Gasteiger partial charge in [0, 0.05) is 18.8 Å². The number of benzene rings is 1. The van der Waals surface area contributed by atoms with Crippen LogP contribution >= 0.6 is 11.8 Å². The van der Waals surface area contributed by atoms with E-state index in [4.69, 9.17) is 0 Å². The Labute approximate surface area is 128 Å². The highest BCUT2D eigenvalue weighted by Gasteiger charge is 2.27. The minimum atomic E-state index is -0.256. The molecule has 2 rings (SSSR count). The number of amides is 2. The van der Waals surface area contributed by atoms with Crippen molar-refractivity contribution in [3.8, 4) is 0 Å². The van der Waals surface area contributed by atoms with Crippen LogP contribution in [0.3, 0.4) is 0 Å². The molecule has 0 aromatic heterocycles. The molecule has 1 fully saturated rings. The number of aliphatic hydroxyl groups is 1. The summed E-state index contributed by atoms with van der Waals surface area (Å²) in [5, 5.41) is 12.1. The van der Waals surface area contributed by atoms with Gasteiger partial charge in [0.25, 0.3) is 0 Å². The van der Waals surface area contributed by atoms with Gasteiger partial charge >= 0.3 is 6.03 Å².